The molecule has 1 heterocycles. The second-order valence-corrected chi connectivity index (χ2v) is 4.93. The largest absolute Gasteiger partial charge is 0.377 e. The first kappa shape index (κ1) is 10.8. The monoisotopic (exact) mass is 231 g/mol. The maximum atomic E-state index is 11.2. The quantitative estimate of drug-likeness (QED) is 0.744. The Morgan fingerprint density at radius 1 is 1.18 bits per heavy atom. The second-order valence-electron chi connectivity index (χ2n) is 4.93. The van der Waals surface area contributed by atoms with Crippen molar-refractivity contribution in [1.29, 1.82) is 0 Å². The Kier molecular flexibility index (Phi) is 2.63. The molecular formula is C14H17NO2. The lowest BCUT2D eigenvalue weighted by atomic mass is 10.1. The Morgan fingerprint density at radius 2 is 1.82 bits per heavy atom. The average molecular weight is 231 g/mol. The summed E-state index contributed by atoms with van der Waals surface area (Å²) >= 11 is 0. The maximum Gasteiger partial charge on any atom is 0.159 e. The summed E-state index contributed by atoms with van der Waals surface area (Å²) in [5, 5.41) is 0. The minimum Gasteiger partial charge on any atom is -0.377 e. The zero-order chi connectivity index (χ0) is 11.8. The molecule has 0 bridgehead atoms. The van der Waals surface area contributed by atoms with Gasteiger partial charge in [-0.25, -0.2) is 0 Å². The summed E-state index contributed by atoms with van der Waals surface area (Å²) in [6.45, 7) is 3.28. The third-order valence-electron chi connectivity index (χ3n) is 3.53. The number of carbonyl (C=O) groups is 1. The number of hydrogen-bond donors (Lipinski definition) is 0. The van der Waals surface area contributed by atoms with Gasteiger partial charge >= 0.3 is 0 Å². The molecule has 0 spiro atoms. The predicted octanol–water partition coefficient (Wildman–Crippen LogP) is 2.26. The molecule has 0 N–H and O–H groups in total. The van der Waals surface area contributed by atoms with E-state index in [0.29, 0.717) is 12.1 Å². The Balaban J connectivity index is 1.82. The molecule has 17 heavy (non-hydrogen) atoms. The lowest BCUT2D eigenvalue weighted by Crippen LogP contribution is -2.50. The highest BCUT2D eigenvalue weighted by Gasteiger charge is 2.37. The van der Waals surface area contributed by atoms with E-state index in [9.17, 15) is 4.79 Å². The Morgan fingerprint density at radius 3 is 2.24 bits per heavy atom. The number of Topliss-reactive ketones (excluding diaryl/α,β-unsaturated/α-hetero) is 1. The van der Waals surface area contributed by atoms with E-state index >= 15 is 0 Å². The van der Waals surface area contributed by atoms with Gasteiger partial charge in [0.05, 0.1) is 19.3 Å². The molecule has 0 aromatic heterocycles. The molecule has 0 amide bonds. The summed E-state index contributed by atoms with van der Waals surface area (Å²) in [5.74, 6) is 0.126. The normalized spacial score (nSPS) is 19.8. The molecule has 1 aliphatic heterocycles. The molecule has 3 rings (SSSR count). The number of hydrogen-bond acceptors (Lipinski definition) is 3. The van der Waals surface area contributed by atoms with Crippen molar-refractivity contribution >= 4 is 11.5 Å². The van der Waals surface area contributed by atoms with Crippen LogP contribution in [0.25, 0.3) is 0 Å². The molecule has 1 saturated heterocycles. The van der Waals surface area contributed by atoms with Crippen LogP contribution in [-0.4, -0.2) is 31.1 Å². The fraction of sp³-hybridized carbons (Fsp3) is 0.500. The van der Waals surface area contributed by atoms with Crippen LogP contribution in [0.5, 0.6) is 0 Å². The van der Waals surface area contributed by atoms with E-state index in [2.05, 4.69) is 17.0 Å². The molecule has 3 nitrogen and oxygen atoms in total. The van der Waals surface area contributed by atoms with Gasteiger partial charge in [-0.2, -0.15) is 0 Å². The number of benzene rings is 1. The topological polar surface area (TPSA) is 29.5 Å². The van der Waals surface area contributed by atoms with E-state index < -0.39 is 0 Å². The molecule has 0 unspecified atom stereocenters. The summed E-state index contributed by atoms with van der Waals surface area (Å²) < 4.78 is 5.28. The van der Waals surface area contributed by atoms with Gasteiger partial charge in [-0.05, 0) is 44.0 Å². The maximum absolute atomic E-state index is 11.2. The van der Waals surface area contributed by atoms with Crippen LogP contribution in [-0.2, 0) is 4.74 Å². The summed E-state index contributed by atoms with van der Waals surface area (Å²) in [4.78, 5) is 13.7. The average Bonchev–Trinajstić information content (AvgIpc) is 3.07. The zero-order valence-electron chi connectivity index (χ0n) is 10.1. The van der Waals surface area contributed by atoms with Gasteiger partial charge in [0, 0.05) is 17.3 Å². The van der Waals surface area contributed by atoms with Crippen LogP contribution in [0.4, 0.5) is 5.69 Å². The number of rotatable bonds is 4. The van der Waals surface area contributed by atoms with Crippen LogP contribution in [0.2, 0.25) is 0 Å². The van der Waals surface area contributed by atoms with Gasteiger partial charge in [0.2, 0.25) is 0 Å². The molecule has 1 aromatic carbocycles. The van der Waals surface area contributed by atoms with E-state index in [1.807, 2.05) is 12.1 Å². The predicted molar refractivity (Wildman–Crippen MR) is 66.6 cm³/mol. The van der Waals surface area contributed by atoms with Crippen molar-refractivity contribution in [1.82, 2.24) is 0 Å². The first-order valence-corrected chi connectivity index (χ1v) is 6.23. The molecule has 1 aromatic rings. The lowest BCUT2D eigenvalue weighted by molar-refractivity contribution is 0.00740. The summed E-state index contributed by atoms with van der Waals surface area (Å²) in [6, 6.07) is 9.19. The minimum absolute atomic E-state index is 0.126. The van der Waals surface area contributed by atoms with E-state index in [-0.39, 0.29) is 5.78 Å². The van der Waals surface area contributed by atoms with Gasteiger partial charge in [-0.3, -0.25) is 4.79 Å². The van der Waals surface area contributed by atoms with Crippen LogP contribution in [0, 0.1) is 0 Å². The van der Waals surface area contributed by atoms with E-state index in [4.69, 9.17) is 4.74 Å². The fourth-order valence-corrected chi connectivity index (χ4v) is 2.32. The molecule has 2 aliphatic rings. The zero-order valence-corrected chi connectivity index (χ0v) is 10.1. The van der Waals surface area contributed by atoms with Gasteiger partial charge < -0.3 is 9.64 Å². The van der Waals surface area contributed by atoms with E-state index in [1.165, 1.54) is 18.5 Å². The van der Waals surface area contributed by atoms with Crippen molar-refractivity contribution in [2.75, 3.05) is 18.1 Å². The molecule has 90 valence electrons. The SMILES string of the molecule is CC(=O)c1ccc(N(C2CC2)C2COC2)cc1. The second kappa shape index (κ2) is 4.15. The number of ether oxygens (including phenoxy) is 1. The van der Waals surface area contributed by atoms with Gasteiger partial charge in [0.25, 0.3) is 0 Å². The van der Waals surface area contributed by atoms with Gasteiger partial charge in [-0.1, -0.05) is 0 Å². The highest BCUT2D eigenvalue weighted by molar-refractivity contribution is 5.94. The number of ketones is 1. The molecule has 0 atom stereocenters. The summed E-state index contributed by atoms with van der Waals surface area (Å²) in [7, 11) is 0. The smallest absolute Gasteiger partial charge is 0.159 e. The van der Waals surface area contributed by atoms with Gasteiger partial charge in [0.15, 0.2) is 5.78 Å². The Hall–Kier alpha value is -1.35. The summed E-state index contributed by atoms with van der Waals surface area (Å²) in [6.07, 6.45) is 2.57. The van der Waals surface area contributed by atoms with Crippen LogP contribution >= 0.6 is 0 Å². The van der Waals surface area contributed by atoms with Crippen molar-refractivity contribution in [3.05, 3.63) is 29.8 Å². The van der Waals surface area contributed by atoms with E-state index in [1.54, 1.807) is 6.92 Å². The summed E-state index contributed by atoms with van der Waals surface area (Å²) in [5.41, 5.74) is 2.01. The molecular weight excluding hydrogens is 214 g/mol. The standard InChI is InChI=1S/C14H17NO2/c1-10(16)11-2-4-12(5-3-11)15(13-6-7-13)14-8-17-9-14/h2-5,13-14H,6-9H2,1H3. The van der Waals surface area contributed by atoms with Crippen molar-refractivity contribution in [3.63, 3.8) is 0 Å². The van der Waals surface area contributed by atoms with Crippen LogP contribution < -0.4 is 4.90 Å². The van der Waals surface area contributed by atoms with Crippen molar-refractivity contribution in [2.24, 2.45) is 0 Å². The highest BCUT2D eigenvalue weighted by Crippen LogP contribution is 2.35. The van der Waals surface area contributed by atoms with Gasteiger partial charge in [-0.15, -0.1) is 0 Å². The Bertz CT molecular complexity index is 418. The van der Waals surface area contributed by atoms with Crippen molar-refractivity contribution in [3.8, 4) is 0 Å². The van der Waals surface area contributed by atoms with Crippen molar-refractivity contribution in [2.45, 2.75) is 31.8 Å². The molecule has 3 heteroatoms. The minimum atomic E-state index is 0.126. The molecule has 1 aliphatic carbocycles. The fourth-order valence-electron chi connectivity index (χ4n) is 2.32. The highest BCUT2D eigenvalue weighted by atomic mass is 16.5. The molecule has 1 saturated carbocycles. The van der Waals surface area contributed by atoms with Crippen molar-refractivity contribution < 1.29 is 9.53 Å². The number of carbonyl (C=O) groups excluding carboxylic acids is 1. The molecule has 2 fully saturated rings. The first-order valence-electron chi connectivity index (χ1n) is 6.23. The van der Waals surface area contributed by atoms with Crippen LogP contribution in [0.15, 0.2) is 24.3 Å². The lowest BCUT2D eigenvalue weighted by Gasteiger charge is -2.39. The van der Waals surface area contributed by atoms with Crippen LogP contribution in [0.3, 0.4) is 0 Å². The third-order valence-corrected chi connectivity index (χ3v) is 3.53. The van der Waals surface area contributed by atoms with E-state index in [0.717, 1.165) is 18.8 Å². The Labute approximate surface area is 101 Å². The third kappa shape index (κ3) is 2.07. The van der Waals surface area contributed by atoms with Gasteiger partial charge in [0.1, 0.15) is 0 Å². The van der Waals surface area contributed by atoms with Crippen LogP contribution in [0.1, 0.15) is 30.1 Å². The number of nitrogens with zero attached hydrogens (tertiary/aromatic N) is 1. The first-order chi connectivity index (χ1) is 8.25. The number of anilines is 1. The molecule has 0 radical (unpaired) electrons.